The molecule has 1 aromatic carbocycles. The van der Waals surface area contributed by atoms with Gasteiger partial charge in [0.1, 0.15) is 5.54 Å². The number of rotatable bonds is 4. The normalized spacial score (nSPS) is 27.4. The molecule has 1 saturated carbocycles. The van der Waals surface area contributed by atoms with Crippen molar-refractivity contribution in [3.8, 4) is 0 Å². The van der Waals surface area contributed by atoms with E-state index in [9.17, 15) is 9.90 Å². The molecule has 0 bridgehead atoms. The molecule has 1 atom stereocenters. The lowest BCUT2D eigenvalue weighted by molar-refractivity contribution is -0.141. The number of likely N-dealkylation sites (tertiary alicyclic amines) is 1. The number of halogens is 1. The van der Waals surface area contributed by atoms with Crippen molar-refractivity contribution in [2.45, 2.75) is 30.8 Å². The van der Waals surface area contributed by atoms with Crippen LogP contribution in [0.5, 0.6) is 0 Å². The van der Waals surface area contributed by atoms with E-state index in [0.29, 0.717) is 24.0 Å². The number of carbonyl (C=O) groups is 1. The molecular weight excluding hydrogens is 264 g/mol. The first kappa shape index (κ1) is 12.8. The van der Waals surface area contributed by atoms with Gasteiger partial charge in [-0.05, 0) is 37.5 Å². The van der Waals surface area contributed by atoms with Gasteiger partial charge in [-0.3, -0.25) is 4.90 Å². The van der Waals surface area contributed by atoms with E-state index >= 15 is 0 Å². The Morgan fingerprint density at radius 1 is 1.47 bits per heavy atom. The van der Waals surface area contributed by atoms with Crippen molar-refractivity contribution in [2.24, 2.45) is 0 Å². The summed E-state index contributed by atoms with van der Waals surface area (Å²) in [7, 11) is 0. The number of hydrogen-bond acceptors (Lipinski definition) is 3. The van der Waals surface area contributed by atoms with Gasteiger partial charge in [0.2, 0.25) is 0 Å². The van der Waals surface area contributed by atoms with E-state index in [4.69, 9.17) is 11.6 Å². The fourth-order valence-corrected chi connectivity index (χ4v) is 2.95. The molecule has 5 heteroatoms. The van der Waals surface area contributed by atoms with Crippen molar-refractivity contribution in [3.63, 3.8) is 0 Å². The highest BCUT2D eigenvalue weighted by molar-refractivity contribution is 6.30. The largest absolute Gasteiger partial charge is 0.479 e. The van der Waals surface area contributed by atoms with Crippen LogP contribution in [0.4, 0.5) is 5.69 Å². The van der Waals surface area contributed by atoms with Crippen LogP contribution in [0.25, 0.3) is 0 Å². The van der Waals surface area contributed by atoms with Gasteiger partial charge in [-0.25, -0.2) is 4.79 Å². The Bertz CT molecular complexity index is 504. The van der Waals surface area contributed by atoms with E-state index in [1.807, 2.05) is 12.1 Å². The lowest BCUT2D eigenvalue weighted by atomic mass is 9.98. The first-order valence-corrected chi connectivity index (χ1v) is 6.98. The zero-order chi connectivity index (χ0) is 13.5. The molecule has 2 N–H and O–H groups in total. The summed E-state index contributed by atoms with van der Waals surface area (Å²) in [6.45, 7) is 1.42. The molecule has 0 amide bonds. The summed E-state index contributed by atoms with van der Waals surface area (Å²) in [6.07, 6.45) is 3.03. The summed E-state index contributed by atoms with van der Waals surface area (Å²) in [5.41, 5.74) is -0.111. The number of nitrogens with one attached hydrogen (secondary N) is 1. The van der Waals surface area contributed by atoms with Gasteiger partial charge in [-0.2, -0.15) is 0 Å². The van der Waals surface area contributed by atoms with Gasteiger partial charge in [0.05, 0.1) is 0 Å². The molecule has 0 radical (unpaired) electrons. The molecule has 1 aliphatic heterocycles. The SMILES string of the molecule is O=C(O)C1(Nc2cccc(Cl)c2)CCN(C2CC2)C1. The van der Waals surface area contributed by atoms with Crippen LogP contribution in [-0.2, 0) is 4.79 Å². The monoisotopic (exact) mass is 280 g/mol. The Morgan fingerprint density at radius 3 is 2.89 bits per heavy atom. The Balaban J connectivity index is 1.79. The van der Waals surface area contributed by atoms with Crippen LogP contribution in [-0.4, -0.2) is 40.6 Å². The number of aliphatic carboxylic acids is 1. The molecule has 4 nitrogen and oxygen atoms in total. The van der Waals surface area contributed by atoms with Crippen LogP contribution in [0.1, 0.15) is 19.3 Å². The predicted octanol–water partition coefficient (Wildman–Crippen LogP) is 2.44. The Morgan fingerprint density at radius 2 is 2.26 bits per heavy atom. The molecule has 3 rings (SSSR count). The minimum absolute atomic E-state index is 0.569. The highest BCUT2D eigenvalue weighted by Crippen LogP contribution is 2.35. The van der Waals surface area contributed by atoms with Crippen LogP contribution in [0.2, 0.25) is 5.02 Å². The van der Waals surface area contributed by atoms with Crippen LogP contribution >= 0.6 is 11.6 Å². The second kappa shape index (κ2) is 4.69. The van der Waals surface area contributed by atoms with Gasteiger partial charge in [0.25, 0.3) is 0 Å². The molecular formula is C14H17ClN2O2. The smallest absolute Gasteiger partial charge is 0.330 e. The number of carboxylic acids is 1. The number of carboxylic acid groups (broad SMARTS) is 1. The van der Waals surface area contributed by atoms with E-state index in [2.05, 4.69) is 10.2 Å². The lowest BCUT2D eigenvalue weighted by Gasteiger charge is -2.27. The minimum atomic E-state index is -0.882. The topological polar surface area (TPSA) is 52.6 Å². The molecule has 2 aliphatic rings. The third-order valence-electron chi connectivity index (χ3n) is 3.98. The minimum Gasteiger partial charge on any atom is -0.479 e. The molecule has 0 aromatic heterocycles. The molecule has 1 heterocycles. The van der Waals surface area contributed by atoms with Crippen LogP contribution < -0.4 is 5.32 Å². The van der Waals surface area contributed by atoms with Gasteiger partial charge in [0.15, 0.2) is 0 Å². The molecule has 19 heavy (non-hydrogen) atoms. The maximum absolute atomic E-state index is 11.7. The van der Waals surface area contributed by atoms with E-state index in [-0.39, 0.29) is 0 Å². The Kier molecular flexibility index (Phi) is 3.15. The van der Waals surface area contributed by atoms with Crippen LogP contribution in [0.15, 0.2) is 24.3 Å². The van der Waals surface area contributed by atoms with Gasteiger partial charge in [-0.15, -0.1) is 0 Å². The van der Waals surface area contributed by atoms with E-state index in [1.165, 1.54) is 12.8 Å². The van der Waals surface area contributed by atoms with E-state index in [1.54, 1.807) is 12.1 Å². The third kappa shape index (κ3) is 2.55. The van der Waals surface area contributed by atoms with E-state index < -0.39 is 11.5 Å². The van der Waals surface area contributed by atoms with Crippen LogP contribution in [0.3, 0.4) is 0 Å². The fourth-order valence-electron chi connectivity index (χ4n) is 2.76. The highest BCUT2D eigenvalue weighted by atomic mass is 35.5. The molecule has 102 valence electrons. The third-order valence-corrected chi connectivity index (χ3v) is 4.21. The molecule has 1 aliphatic carbocycles. The van der Waals surface area contributed by atoms with Crippen molar-refractivity contribution >= 4 is 23.3 Å². The molecule has 0 spiro atoms. The molecule has 1 aromatic rings. The maximum atomic E-state index is 11.7. The average molecular weight is 281 g/mol. The number of nitrogens with zero attached hydrogens (tertiary/aromatic N) is 1. The summed E-state index contributed by atoms with van der Waals surface area (Å²) in [6, 6.07) is 7.84. The molecule has 1 unspecified atom stereocenters. The van der Waals surface area contributed by atoms with Gasteiger partial charge in [0, 0.05) is 29.8 Å². The number of benzene rings is 1. The highest BCUT2D eigenvalue weighted by Gasteiger charge is 2.48. The van der Waals surface area contributed by atoms with E-state index in [0.717, 1.165) is 12.2 Å². The van der Waals surface area contributed by atoms with Crippen molar-refractivity contribution < 1.29 is 9.90 Å². The van der Waals surface area contributed by atoms with Gasteiger partial charge >= 0.3 is 5.97 Å². The van der Waals surface area contributed by atoms with Crippen molar-refractivity contribution in [1.82, 2.24) is 4.90 Å². The first-order chi connectivity index (χ1) is 9.09. The van der Waals surface area contributed by atoms with Crippen LogP contribution in [0, 0.1) is 0 Å². The lowest BCUT2D eigenvalue weighted by Crippen LogP contribution is -2.49. The van der Waals surface area contributed by atoms with Crippen molar-refractivity contribution in [1.29, 1.82) is 0 Å². The Hall–Kier alpha value is -1.26. The van der Waals surface area contributed by atoms with Crippen molar-refractivity contribution in [3.05, 3.63) is 29.3 Å². The predicted molar refractivity (Wildman–Crippen MR) is 74.7 cm³/mol. The number of anilines is 1. The number of hydrogen-bond donors (Lipinski definition) is 2. The zero-order valence-corrected chi connectivity index (χ0v) is 11.4. The maximum Gasteiger partial charge on any atom is 0.330 e. The standard InChI is InChI=1S/C14H17ClN2O2/c15-10-2-1-3-11(8-10)16-14(13(18)19)6-7-17(9-14)12-4-5-12/h1-3,8,12,16H,4-7,9H2,(H,18,19). The molecule has 1 saturated heterocycles. The summed E-state index contributed by atoms with van der Waals surface area (Å²) in [5.74, 6) is -0.782. The molecule has 2 fully saturated rings. The summed E-state index contributed by atoms with van der Waals surface area (Å²) in [5, 5.41) is 13.4. The average Bonchev–Trinajstić information content (AvgIpc) is 3.12. The van der Waals surface area contributed by atoms with Gasteiger partial charge in [-0.1, -0.05) is 17.7 Å². The summed E-state index contributed by atoms with van der Waals surface area (Å²) >= 11 is 5.95. The summed E-state index contributed by atoms with van der Waals surface area (Å²) < 4.78 is 0. The fraction of sp³-hybridized carbons (Fsp3) is 0.500. The second-order valence-electron chi connectivity index (χ2n) is 5.47. The van der Waals surface area contributed by atoms with Crippen molar-refractivity contribution in [2.75, 3.05) is 18.4 Å². The Labute approximate surface area is 117 Å². The second-order valence-corrected chi connectivity index (χ2v) is 5.91. The first-order valence-electron chi connectivity index (χ1n) is 6.60. The zero-order valence-electron chi connectivity index (χ0n) is 10.6. The van der Waals surface area contributed by atoms with Gasteiger partial charge < -0.3 is 10.4 Å². The quantitative estimate of drug-likeness (QED) is 0.889. The summed E-state index contributed by atoms with van der Waals surface area (Å²) in [4.78, 5) is 14.0.